The minimum atomic E-state index is -0.595. The minimum absolute atomic E-state index is 0.00300. The first kappa shape index (κ1) is 26.5. The smallest absolute Gasteiger partial charge is 0.263 e. The molecular formula is C28H40N4O3. The maximum absolute atomic E-state index is 13.1. The first-order valence-electron chi connectivity index (χ1n) is 12.4. The Balaban J connectivity index is 1.52. The lowest BCUT2D eigenvalue weighted by molar-refractivity contribution is -0.139. The summed E-state index contributed by atoms with van der Waals surface area (Å²) in [5.74, 6) is 0.660. The summed E-state index contributed by atoms with van der Waals surface area (Å²) in [6.07, 6.45) is 1.05. The average Bonchev–Trinajstić information content (AvgIpc) is 2.83. The first-order chi connectivity index (χ1) is 16.5. The molecule has 2 aromatic rings. The van der Waals surface area contributed by atoms with Gasteiger partial charge in [-0.05, 0) is 88.3 Å². The van der Waals surface area contributed by atoms with Crippen molar-refractivity contribution in [2.24, 2.45) is 0 Å². The van der Waals surface area contributed by atoms with Gasteiger partial charge in [0.05, 0.1) is 6.54 Å². The number of para-hydroxylation sites is 1. The Labute approximate surface area is 209 Å². The summed E-state index contributed by atoms with van der Waals surface area (Å²) in [7, 11) is 1.85. The van der Waals surface area contributed by atoms with Crippen molar-refractivity contribution < 1.29 is 14.3 Å². The summed E-state index contributed by atoms with van der Waals surface area (Å²) in [6.45, 7) is 13.6. The lowest BCUT2D eigenvalue weighted by Gasteiger charge is -2.37. The van der Waals surface area contributed by atoms with E-state index in [0.717, 1.165) is 65.1 Å². The van der Waals surface area contributed by atoms with Gasteiger partial charge in [0, 0.05) is 37.6 Å². The summed E-state index contributed by atoms with van der Waals surface area (Å²) in [6, 6.07) is 8.03. The number of aryl methyl sites for hydroxylation is 3. The Bertz CT molecular complexity index is 1070. The van der Waals surface area contributed by atoms with E-state index in [9.17, 15) is 9.59 Å². The van der Waals surface area contributed by atoms with Gasteiger partial charge in [-0.3, -0.25) is 14.5 Å². The van der Waals surface area contributed by atoms with Crippen molar-refractivity contribution in [3.05, 3.63) is 52.1 Å². The van der Waals surface area contributed by atoms with Crippen LogP contribution in [-0.2, 0) is 9.59 Å². The third kappa shape index (κ3) is 6.14. The van der Waals surface area contributed by atoms with Gasteiger partial charge < -0.3 is 20.7 Å². The van der Waals surface area contributed by atoms with Gasteiger partial charge in [0.25, 0.3) is 5.91 Å². The number of hydrogen-bond acceptors (Lipinski definition) is 5. The Morgan fingerprint density at radius 3 is 2.29 bits per heavy atom. The van der Waals surface area contributed by atoms with E-state index >= 15 is 0 Å². The molecule has 3 rings (SSSR count). The normalized spacial score (nSPS) is 15.5. The van der Waals surface area contributed by atoms with Crippen LogP contribution in [-0.4, -0.2) is 60.4 Å². The highest BCUT2D eigenvalue weighted by Crippen LogP contribution is 2.30. The van der Waals surface area contributed by atoms with Crippen molar-refractivity contribution in [3.63, 3.8) is 0 Å². The maximum Gasteiger partial charge on any atom is 0.263 e. The molecule has 1 saturated heterocycles. The molecular weight excluding hydrogens is 440 g/mol. The molecule has 0 bridgehead atoms. The van der Waals surface area contributed by atoms with E-state index in [1.165, 1.54) is 0 Å². The SMILES string of the molecule is Cc1cc(OC(C)C(=O)N(C)C2CCN(CC(=O)Nc3c(C)cccc3C)CC2)c(C)c(C)c1N. The molecule has 0 spiro atoms. The number of amides is 2. The summed E-state index contributed by atoms with van der Waals surface area (Å²) in [5.41, 5.74) is 12.8. The number of rotatable bonds is 7. The van der Waals surface area contributed by atoms with Crippen LogP contribution in [0.3, 0.4) is 0 Å². The number of likely N-dealkylation sites (N-methyl/N-ethyl adjacent to an activating group) is 1. The van der Waals surface area contributed by atoms with E-state index in [4.69, 9.17) is 10.5 Å². The van der Waals surface area contributed by atoms with Crippen molar-refractivity contribution in [1.29, 1.82) is 0 Å². The van der Waals surface area contributed by atoms with E-state index in [0.29, 0.717) is 12.3 Å². The molecule has 1 unspecified atom stereocenters. The van der Waals surface area contributed by atoms with Gasteiger partial charge in [0.2, 0.25) is 5.91 Å². The van der Waals surface area contributed by atoms with Crippen LogP contribution >= 0.6 is 0 Å². The van der Waals surface area contributed by atoms with Crippen LogP contribution in [0.5, 0.6) is 5.75 Å². The predicted octanol–water partition coefficient (Wildman–Crippen LogP) is 4.14. The lowest BCUT2D eigenvalue weighted by atomic mass is 10.0. The maximum atomic E-state index is 13.1. The number of nitrogens with two attached hydrogens (primary N) is 1. The van der Waals surface area contributed by atoms with Gasteiger partial charge in [-0.25, -0.2) is 0 Å². The van der Waals surface area contributed by atoms with Crippen LogP contribution in [0.25, 0.3) is 0 Å². The number of ether oxygens (including phenoxy) is 1. The molecule has 0 aliphatic carbocycles. The Morgan fingerprint density at radius 1 is 1.09 bits per heavy atom. The number of carbonyl (C=O) groups is 2. The molecule has 3 N–H and O–H groups in total. The van der Waals surface area contributed by atoms with E-state index in [-0.39, 0.29) is 17.9 Å². The molecule has 35 heavy (non-hydrogen) atoms. The van der Waals surface area contributed by atoms with Crippen LogP contribution in [0.15, 0.2) is 24.3 Å². The Kier molecular flexibility index (Phi) is 8.43. The molecule has 1 aliphatic heterocycles. The largest absolute Gasteiger partial charge is 0.481 e. The molecule has 7 nitrogen and oxygen atoms in total. The molecule has 0 aromatic heterocycles. The Morgan fingerprint density at radius 2 is 1.69 bits per heavy atom. The minimum Gasteiger partial charge on any atom is -0.481 e. The number of piperidine rings is 1. The van der Waals surface area contributed by atoms with Crippen LogP contribution in [0.4, 0.5) is 11.4 Å². The highest BCUT2D eigenvalue weighted by Gasteiger charge is 2.29. The number of carbonyl (C=O) groups excluding carboxylic acids is 2. The van der Waals surface area contributed by atoms with Gasteiger partial charge in [-0.15, -0.1) is 0 Å². The average molecular weight is 481 g/mol. The second-order valence-electron chi connectivity index (χ2n) is 9.89. The molecule has 0 saturated carbocycles. The van der Waals surface area contributed by atoms with Gasteiger partial charge in [-0.2, -0.15) is 0 Å². The van der Waals surface area contributed by atoms with E-state index in [2.05, 4.69) is 10.2 Å². The quantitative estimate of drug-likeness (QED) is 0.582. The monoisotopic (exact) mass is 480 g/mol. The van der Waals surface area contributed by atoms with Crippen LogP contribution in [0.1, 0.15) is 47.6 Å². The van der Waals surface area contributed by atoms with Crippen molar-refractivity contribution in [1.82, 2.24) is 9.80 Å². The fraction of sp³-hybridized carbons (Fsp3) is 0.500. The molecule has 1 aliphatic rings. The van der Waals surface area contributed by atoms with Crippen molar-refractivity contribution in [3.8, 4) is 5.75 Å². The topological polar surface area (TPSA) is 87.9 Å². The summed E-state index contributed by atoms with van der Waals surface area (Å²) in [5, 5.41) is 3.06. The summed E-state index contributed by atoms with van der Waals surface area (Å²) >= 11 is 0. The molecule has 2 amide bonds. The molecule has 0 radical (unpaired) electrons. The predicted molar refractivity (Wildman–Crippen MR) is 142 cm³/mol. The fourth-order valence-electron chi connectivity index (χ4n) is 4.75. The van der Waals surface area contributed by atoms with E-state index in [1.54, 1.807) is 6.92 Å². The van der Waals surface area contributed by atoms with Crippen molar-refractivity contribution >= 4 is 23.2 Å². The van der Waals surface area contributed by atoms with Gasteiger partial charge in [0.15, 0.2) is 6.10 Å². The van der Waals surface area contributed by atoms with Crippen molar-refractivity contribution in [2.45, 2.75) is 66.5 Å². The lowest BCUT2D eigenvalue weighted by Crippen LogP contribution is -2.50. The van der Waals surface area contributed by atoms with Crippen LogP contribution < -0.4 is 15.8 Å². The molecule has 190 valence electrons. The zero-order chi connectivity index (χ0) is 25.9. The van der Waals surface area contributed by atoms with Gasteiger partial charge >= 0.3 is 0 Å². The second-order valence-corrected chi connectivity index (χ2v) is 9.89. The summed E-state index contributed by atoms with van der Waals surface area (Å²) in [4.78, 5) is 29.7. The van der Waals surface area contributed by atoms with Gasteiger partial charge in [0.1, 0.15) is 5.75 Å². The first-order valence-corrected chi connectivity index (χ1v) is 12.4. The molecule has 1 atom stereocenters. The number of anilines is 2. The van der Waals surface area contributed by atoms with Crippen LogP contribution in [0.2, 0.25) is 0 Å². The third-order valence-corrected chi connectivity index (χ3v) is 7.33. The molecule has 7 heteroatoms. The zero-order valence-corrected chi connectivity index (χ0v) is 22.2. The van der Waals surface area contributed by atoms with Gasteiger partial charge in [-0.1, -0.05) is 18.2 Å². The number of benzene rings is 2. The standard InChI is InChI=1S/C28H40N4O3/c1-17-9-8-10-18(2)27(17)30-25(33)16-32-13-11-23(12-14-32)31(7)28(34)22(6)35-24-15-19(3)26(29)21(5)20(24)4/h8-10,15,22-23H,11-14,16,29H2,1-7H3,(H,30,33). The third-order valence-electron chi connectivity index (χ3n) is 7.33. The number of hydrogen-bond donors (Lipinski definition) is 2. The summed E-state index contributed by atoms with van der Waals surface area (Å²) < 4.78 is 6.08. The van der Waals surface area contributed by atoms with E-state index < -0.39 is 6.10 Å². The zero-order valence-electron chi connectivity index (χ0n) is 22.2. The number of likely N-dealkylation sites (tertiary alicyclic amines) is 1. The fourth-order valence-corrected chi connectivity index (χ4v) is 4.75. The number of nitrogen functional groups attached to an aromatic ring is 1. The highest BCUT2D eigenvalue weighted by atomic mass is 16.5. The van der Waals surface area contributed by atoms with E-state index in [1.807, 2.05) is 70.8 Å². The highest BCUT2D eigenvalue weighted by molar-refractivity contribution is 5.93. The molecule has 1 fully saturated rings. The number of nitrogens with zero attached hydrogens (tertiary/aromatic N) is 2. The molecule has 2 aromatic carbocycles. The second kappa shape index (κ2) is 11.1. The Hall–Kier alpha value is -3.06. The van der Waals surface area contributed by atoms with Crippen molar-refractivity contribution in [2.75, 3.05) is 37.7 Å². The van der Waals surface area contributed by atoms with Crippen LogP contribution in [0, 0.1) is 34.6 Å². The molecule has 1 heterocycles. The number of nitrogens with one attached hydrogen (secondary N) is 1.